The fraction of sp³-hybridized carbons (Fsp3) is 0.350. The number of ether oxygens (including phenoxy) is 2. The third kappa shape index (κ3) is 5.38. The van der Waals surface area contributed by atoms with Crippen molar-refractivity contribution < 1.29 is 32.2 Å². The summed E-state index contributed by atoms with van der Waals surface area (Å²) in [6.07, 6.45) is -3.79. The maximum atomic E-state index is 12.8. The summed E-state index contributed by atoms with van der Waals surface area (Å²) >= 11 is 5.98. The number of piperazine rings is 1. The molecule has 0 atom stereocenters. The first-order chi connectivity index (χ1) is 14.7. The van der Waals surface area contributed by atoms with Crippen LogP contribution in [0.4, 0.5) is 19.0 Å². The molecular weight excluding hydrogens is 439 g/mol. The standard InChI is InChI=1S/C20H19ClF3N3O4/c1-30-16-5-3-2-4-14(16)19(29)31-12-17(28)26-6-8-27(9-7-26)18-15(21)10-13(11-25-18)20(22,23)24/h2-5,10-11H,6-9,12H2,1H3. The van der Waals surface area contributed by atoms with E-state index in [2.05, 4.69) is 4.98 Å². The van der Waals surface area contributed by atoms with Crippen molar-refractivity contribution in [3.63, 3.8) is 0 Å². The monoisotopic (exact) mass is 457 g/mol. The molecule has 0 saturated carbocycles. The van der Waals surface area contributed by atoms with E-state index in [9.17, 15) is 22.8 Å². The number of halogens is 4. The summed E-state index contributed by atoms with van der Waals surface area (Å²) in [6, 6.07) is 7.33. The normalized spacial score (nSPS) is 14.4. The summed E-state index contributed by atoms with van der Waals surface area (Å²) in [5.41, 5.74) is -0.711. The summed E-state index contributed by atoms with van der Waals surface area (Å²) in [5, 5.41) is -0.111. The largest absolute Gasteiger partial charge is 0.496 e. The van der Waals surface area contributed by atoms with Crippen LogP contribution in [-0.2, 0) is 15.7 Å². The first-order valence-electron chi connectivity index (χ1n) is 9.26. The number of esters is 1. The molecule has 2 heterocycles. The second kappa shape index (κ2) is 9.42. The summed E-state index contributed by atoms with van der Waals surface area (Å²) in [6.45, 7) is 0.777. The number of aromatic nitrogens is 1. The molecule has 2 aromatic rings. The van der Waals surface area contributed by atoms with E-state index < -0.39 is 24.3 Å². The van der Waals surface area contributed by atoms with Crippen molar-refractivity contribution in [2.75, 3.05) is 44.8 Å². The number of carbonyl (C=O) groups is 2. The van der Waals surface area contributed by atoms with E-state index in [1.165, 1.54) is 18.1 Å². The summed E-state index contributed by atoms with van der Waals surface area (Å²) in [7, 11) is 1.43. The lowest BCUT2D eigenvalue weighted by Crippen LogP contribution is -2.50. The average molecular weight is 458 g/mol. The van der Waals surface area contributed by atoms with Crippen LogP contribution in [-0.4, -0.2) is 61.7 Å². The molecule has 1 amide bonds. The molecular formula is C20H19ClF3N3O4. The number of rotatable bonds is 5. The van der Waals surface area contributed by atoms with Crippen LogP contribution < -0.4 is 9.64 Å². The van der Waals surface area contributed by atoms with Crippen molar-refractivity contribution in [2.45, 2.75) is 6.18 Å². The molecule has 0 radical (unpaired) electrons. The van der Waals surface area contributed by atoms with Gasteiger partial charge in [0.25, 0.3) is 5.91 Å². The van der Waals surface area contributed by atoms with Gasteiger partial charge in [-0.2, -0.15) is 13.2 Å². The second-order valence-electron chi connectivity index (χ2n) is 6.67. The van der Waals surface area contributed by atoms with Gasteiger partial charge in [0.15, 0.2) is 6.61 Å². The third-order valence-electron chi connectivity index (χ3n) is 4.73. The number of pyridine rings is 1. The van der Waals surface area contributed by atoms with Gasteiger partial charge in [0.2, 0.25) is 0 Å². The van der Waals surface area contributed by atoms with E-state index in [-0.39, 0.29) is 35.4 Å². The Labute approximate surface area is 181 Å². The van der Waals surface area contributed by atoms with Crippen LogP contribution in [0.3, 0.4) is 0 Å². The van der Waals surface area contributed by atoms with Crippen LogP contribution in [0, 0.1) is 0 Å². The van der Waals surface area contributed by atoms with Gasteiger partial charge in [0.1, 0.15) is 17.1 Å². The minimum absolute atomic E-state index is 0.111. The molecule has 3 rings (SSSR count). The molecule has 0 N–H and O–H groups in total. The Morgan fingerprint density at radius 2 is 1.84 bits per heavy atom. The zero-order valence-corrected chi connectivity index (χ0v) is 17.2. The van der Waals surface area contributed by atoms with Gasteiger partial charge in [0.05, 0.1) is 17.7 Å². The quantitative estimate of drug-likeness (QED) is 0.642. The molecule has 1 aromatic carbocycles. The van der Waals surface area contributed by atoms with Crippen LogP contribution in [0.2, 0.25) is 5.02 Å². The summed E-state index contributed by atoms with van der Waals surface area (Å²) in [5.74, 6) is -0.488. The number of anilines is 1. The van der Waals surface area contributed by atoms with Crippen molar-refractivity contribution >= 4 is 29.3 Å². The van der Waals surface area contributed by atoms with Crippen LogP contribution in [0.5, 0.6) is 5.75 Å². The molecule has 1 aliphatic heterocycles. The van der Waals surface area contributed by atoms with Crippen LogP contribution in [0.15, 0.2) is 36.5 Å². The van der Waals surface area contributed by atoms with Crippen molar-refractivity contribution in [3.8, 4) is 5.75 Å². The fourth-order valence-corrected chi connectivity index (χ4v) is 3.38. The third-order valence-corrected chi connectivity index (χ3v) is 5.01. The fourth-order valence-electron chi connectivity index (χ4n) is 3.10. The van der Waals surface area contributed by atoms with Crippen LogP contribution >= 0.6 is 11.6 Å². The van der Waals surface area contributed by atoms with Gasteiger partial charge in [-0.15, -0.1) is 0 Å². The zero-order valence-electron chi connectivity index (χ0n) is 16.5. The highest BCUT2D eigenvalue weighted by Gasteiger charge is 2.32. The lowest BCUT2D eigenvalue weighted by atomic mass is 10.2. The Morgan fingerprint density at radius 3 is 2.45 bits per heavy atom. The maximum absolute atomic E-state index is 12.8. The number of carbonyl (C=O) groups excluding carboxylic acids is 2. The first kappa shape index (κ1) is 22.7. The van der Waals surface area contributed by atoms with Crippen molar-refractivity contribution in [1.82, 2.24) is 9.88 Å². The Bertz CT molecular complexity index is 963. The number of methoxy groups -OCH3 is 1. The molecule has 0 spiro atoms. The van der Waals surface area contributed by atoms with E-state index in [0.29, 0.717) is 18.8 Å². The van der Waals surface area contributed by atoms with Crippen molar-refractivity contribution in [3.05, 3.63) is 52.7 Å². The highest BCUT2D eigenvalue weighted by molar-refractivity contribution is 6.33. The Hall–Kier alpha value is -3.01. The van der Waals surface area contributed by atoms with E-state index in [0.717, 1.165) is 12.3 Å². The van der Waals surface area contributed by atoms with E-state index in [1.807, 2.05) is 0 Å². The van der Waals surface area contributed by atoms with Gasteiger partial charge >= 0.3 is 12.1 Å². The highest BCUT2D eigenvalue weighted by atomic mass is 35.5. The molecule has 1 aromatic heterocycles. The number of hydrogen-bond acceptors (Lipinski definition) is 6. The average Bonchev–Trinajstić information content (AvgIpc) is 2.76. The molecule has 166 valence electrons. The second-order valence-corrected chi connectivity index (χ2v) is 7.08. The van der Waals surface area contributed by atoms with E-state index >= 15 is 0 Å². The van der Waals surface area contributed by atoms with E-state index in [1.54, 1.807) is 23.1 Å². The smallest absolute Gasteiger partial charge is 0.417 e. The van der Waals surface area contributed by atoms with Gasteiger partial charge < -0.3 is 19.3 Å². The molecule has 11 heteroatoms. The zero-order chi connectivity index (χ0) is 22.6. The number of alkyl halides is 3. The van der Waals surface area contributed by atoms with Crippen LogP contribution in [0.1, 0.15) is 15.9 Å². The van der Waals surface area contributed by atoms with Gasteiger partial charge in [-0.25, -0.2) is 9.78 Å². The van der Waals surface area contributed by atoms with Gasteiger partial charge in [-0.3, -0.25) is 4.79 Å². The predicted molar refractivity (Wildman–Crippen MR) is 106 cm³/mol. The molecule has 7 nitrogen and oxygen atoms in total. The predicted octanol–water partition coefficient (Wildman–Crippen LogP) is 3.27. The molecule has 1 fully saturated rings. The molecule has 1 aliphatic rings. The Kier molecular flexibility index (Phi) is 6.89. The van der Waals surface area contributed by atoms with Crippen molar-refractivity contribution in [1.29, 1.82) is 0 Å². The summed E-state index contributed by atoms with van der Waals surface area (Å²) in [4.78, 5) is 31.6. The molecule has 0 unspecified atom stereocenters. The molecule has 0 aliphatic carbocycles. The molecule has 0 bridgehead atoms. The van der Waals surface area contributed by atoms with E-state index in [4.69, 9.17) is 21.1 Å². The number of benzene rings is 1. The van der Waals surface area contributed by atoms with Crippen molar-refractivity contribution in [2.24, 2.45) is 0 Å². The topological polar surface area (TPSA) is 72.0 Å². The Balaban J connectivity index is 1.54. The lowest BCUT2D eigenvalue weighted by Gasteiger charge is -2.35. The molecule has 31 heavy (non-hydrogen) atoms. The minimum atomic E-state index is -4.53. The Morgan fingerprint density at radius 1 is 1.16 bits per heavy atom. The number of hydrogen-bond donors (Lipinski definition) is 0. The minimum Gasteiger partial charge on any atom is -0.496 e. The molecule has 1 saturated heterocycles. The van der Waals surface area contributed by atoms with Gasteiger partial charge in [-0.05, 0) is 18.2 Å². The number of nitrogens with zero attached hydrogens (tertiary/aromatic N) is 3. The van der Waals surface area contributed by atoms with Gasteiger partial charge in [-0.1, -0.05) is 23.7 Å². The maximum Gasteiger partial charge on any atom is 0.417 e. The highest BCUT2D eigenvalue weighted by Crippen LogP contribution is 2.33. The van der Waals surface area contributed by atoms with Crippen LogP contribution in [0.25, 0.3) is 0 Å². The SMILES string of the molecule is COc1ccccc1C(=O)OCC(=O)N1CCN(c2ncc(C(F)(F)F)cc2Cl)CC1. The van der Waals surface area contributed by atoms with Gasteiger partial charge in [0, 0.05) is 32.4 Å². The number of para-hydroxylation sites is 1. The summed E-state index contributed by atoms with van der Waals surface area (Å²) < 4.78 is 48.5. The number of amides is 1. The first-order valence-corrected chi connectivity index (χ1v) is 9.64. The lowest BCUT2D eigenvalue weighted by molar-refractivity contribution is -0.138.